The number of aliphatic carboxylic acids is 1. The van der Waals surface area contributed by atoms with Crippen molar-refractivity contribution in [3.8, 4) is 5.75 Å². The van der Waals surface area contributed by atoms with Gasteiger partial charge in [-0.05, 0) is 112 Å². The molecule has 1 fully saturated rings. The summed E-state index contributed by atoms with van der Waals surface area (Å²) >= 11 is 0. The molecule has 0 radical (unpaired) electrons. The Morgan fingerprint density at radius 1 is 1.00 bits per heavy atom. The van der Waals surface area contributed by atoms with Crippen LogP contribution in [0, 0.1) is 5.92 Å². The van der Waals surface area contributed by atoms with E-state index in [4.69, 9.17) is 4.74 Å². The van der Waals surface area contributed by atoms with Gasteiger partial charge in [-0.1, -0.05) is 36.4 Å². The Morgan fingerprint density at radius 3 is 2.56 bits per heavy atom. The highest BCUT2D eigenvalue weighted by atomic mass is 16.5. The third-order valence-corrected chi connectivity index (χ3v) is 7.50. The average Bonchev–Trinajstić information content (AvgIpc) is 3.16. The monoisotopic (exact) mass is 435 g/mol. The number of nitrogens with one attached hydrogen (secondary N) is 1. The number of hydrogen-bond donors (Lipinski definition) is 2. The first-order valence-corrected chi connectivity index (χ1v) is 12.4. The molecule has 2 aromatic carbocycles. The van der Waals surface area contributed by atoms with E-state index in [1.54, 1.807) is 0 Å². The molecule has 2 aliphatic rings. The molecule has 0 amide bonds. The SMILES string of the molecule is O=C(O)C1CCC2(CCc3ccc(OCCCCNCCCc4ccccc4)cc32)CC1. The average molecular weight is 436 g/mol. The minimum Gasteiger partial charge on any atom is -0.494 e. The van der Waals surface area contributed by atoms with E-state index in [0.29, 0.717) is 0 Å². The number of ether oxygens (including phenoxy) is 1. The third-order valence-electron chi connectivity index (χ3n) is 7.50. The van der Waals surface area contributed by atoms with Gasteiger partial charge >= 0.3 is 5.97 Å². The Kier molecular flexibility index (Phi) is 7.85. The fourth-order valence-electron chi connectivity index (χ4n) is 5.53. The first kappa shape index (κ1) is 22.8. The molecule has 4 rings (SSSR count). The number of rotatable bonds is 11. The van der Waals surface area contributed by atoms with E-state index in [9.17, 15) is 9.90 Å². The van der Waals surface area contributed by atoms with Gasteiger partial charge in [0.25, 0.3) is 0 Å². The molecule has 1 saturated carbocycles. The van der Waals surface area contributed by atoms with Crippen molar-refractivity contribution in [2.75, 3.05) is 19.7 Å². The number of fused-ring (bicyclic) bond motifs is 2. The summed E-state index contributed by atoms with van der Waals surface area (Å²) in [6, 6.07) is 17.3. The number of benzene rings is 2. The minimum atomic E-state index is -0.624. The molecule has 4 heteroatoms. The van der Waals surface area contributed by atoms with Gasteiger partial charge in [-0.2, -0.15) is 0 Å². The summed E-state index contributed by atoms with van der Waals surface area (Å²) in [6.07, 6.45) is 10.4. The van der Waals surface area contributed by atoms with E-state index in [1.807, 2.05) is 0 Å². The van der Waals surface area contributed by atoms with Gasteiger partial charge in [-0.3, -0.25) is 4.79 Å². The molecule has 4 nitrogen and oxygen atoms in total. The number of carbonyl (C=O) groups is 1. The van der Waals surface area contributed by atoms with Crippen molar-refractivity contribution in [2.45, 2.75) is 69.6 Å². The molecule has 2 aromatic rings. The molecular weight excluding hydrogens is 398 g/mol. The van der Waals surface area contributed by atoms with Gasteiger partial charge in [0.15, 0.2) is 0 Å². The number of carboxylic acid groups (broad SMARTS) is 1. The van der Waals surface area contributed by atoms with E-state index in [0.717, 1.165) is 83.2 Å². The molecule has 2 aliphatic carbocycles. The maximum absolute atomic E-state index is 11.3. The molecule has 172 valence electrons. The lowest BCUT2D eigenvalue weighted by atomic mass is 9.67. The molecule has 0 saturated heterocycles. The highest BCUT2D eigenvalue weighted by Gasteiger charge is 2.42. The van der Waals surface area contributed by atoms with Gasteiger partial charge in [0.2, 0.25) is 0 Å². The fraction of sp³-hybridized carbons (Fsp3) is 0.536. The Balaban J connectivity index is 1.14. The summed E-state index contributed by atoms with van der Waals surface area (Å²) in [7, 11) is 0. The summed E-state index contributed by atoms with van der Waals surface area (Å²) in [5.41, 5.74) is 4.46. The maximum atomic E-state index is 11.3. The number of aryl methyl sites for hydroxylation is 2. The summed E-state index contributed by atoms with van der Waals surface area (Å²) in [4.78, 5) is 11.3. The molecular formula is C28H37NO3. The van der Waals surface area contributed by atoms with E-state index >= 15 is 0 Å². The molecule has 0 bridgehead atoms. The molecule has 0 aliphatic heterocycles. The smallest absolute Gasteiger partial charge is 0.306 e. The van der Waals surface area contributed by atoms with Crippen molar-refractivity contribution in [2.24, 2.45) is 5.92 Å². The lowest BCUT2D eigenvalue weighted by Crippen LogP contribution is -2.32. The first-order chi connectivity index (χ1) is 15.7. The second-order valence-corrected chi connectivity index (χ2v) is 9.61. The second-order valence-electron chi connectivity index (χ2n) is 9.61. The number of hydrogen-bond acceptors (Lipinski definition) is 3. The summed E-state index contributed by atoms with van der Waals surface area (Å²) in [5, 5.41) is 12.9. The molecule has 0 unspecified atom stereocenters. The van der Waals surface area contributed by atoms with Crippen LogP contribution in [0.3, 0.4) is 0 Å². The molecule has 0 atom stereocenters. The Hall–Kier alpha value is -2.33. The molecule has 2 N–H and O–H groups in total. The largest absolute Gasteiger partial charge is 0.494 e. The lowest BCUT2D eigenvalue weighted by molar-refractivity contribution is -0.143. The number of unbranched alkanes of at least 4 members (excludes halogenated alkanes) is 1. The van der Waals surface area contributed by atoms with E-state index < -0.39 is 5.97 Å². The van der Waals surface area contributed by atoms with E-state index in [2.05, 4.69) is 53.8 Å². The van der Waals surface area contributed by atoms with E-state index in [-0.39, 0.29) is 11.3 Å². The molecule has 0 aromatic heterocycles. The van der Waals surface area contributed by atoms with Crippen LogP contribution in [0.5, 0.6) is 5.75 Å². The fourth-order valence-corrected chi connectivity index (χ4v) is 5.53. The van der Waals surface area contributed by atoms with Crippen molar-refractivity contribution in [1.29, 1.82) is 0 Å². The minimum absolute atomic E-state index is 0.156. The summed E-state index contributed by atoms with van der Waals surface area (Å²) < 4.78 is 6.09. The van der Waals surface area contributed by atoms with Crippen LogP contribution in [-0.2, 0) is 23.1 Å². The van der Waals surface area contributed by atoms with Crippen molar-refractivity contribution in [1.82, 2.24) is 5.32 Å². The van der Waals surface area contributed by atoms with Gasteiger partial charge in [0.05, 0.1) is 12.5 Å². The van der Waals surface area contributed by atoms with Gasteiger partial charge in [-0.15, -0.1) is 0 Å². The van der Waals surface area contributed by atoms with Gasteiger partial charge < -0.3 is 15.2 Å². The number of carboxylic acids is 1. The zero-order valence-corrected chi connectivity index (χ0v) is 19.2. The van der Waals surface area contributed by atoms with Gasteiger partial charge in [-0.25, -0.2) is 0 Å². The van der Waals surface area contributed by atoms with Crippen LogP contribution in [-0.4, -0.2) is 30.8 Å². The first-order valence-electron chi connectivity index (χ1n) is 12.4. The highest BCUT2D eigenvalue weighted by molar-refractivity contribution is 5.70. The van der Waals surface area contributed by atoms with Crippen LogP contribution in [0.25, 0.3) is 0 Å². The van der Waals surface area contributed by atoms with Crippen LogP contribution in [0.1, 0.15) is 68.1 Å². The topological polar surface area (TPSA) is 58.6 Å². The van der Waals surface area contributed by atoms with Crippen molar-refractivity contribution in [3.05, 3.63) is 65.2 Å². The zero-order chi connectivity index (χ0) is 22.2. The predicted octanol–water partition coefficient (Wildman–Crippen LogP) is 5.53. The maximum Gasteiger partial charge on any atom is 0.306 e. The lowest BCUT2D eigenvalue weighted by Gasteiger charge is -2.37. The van der Waals surface area contributed by atoms with Crippen molar-refractivity contribution >= 4 is 5.97 Å². The van der Waals surface area contributed by atoms with Crippen LogP contribution in [0.2, 0.25) is 0 Å². The van der Waals surface area contributed by atoms with Crippen LogP contribution in [0.4, 0.5) is 0 Å². The molecule has 0 heterocycles. The Bertz CT molecular complexity index is 872. The summed E-state index contributed by atoms with van der Waals surface area (Å²) in [6.45, 7) is 2.85. The van der Waals surface area contributed by atoms with Crippen LogP contribution in [0.15, 0.2) is 48.5 Å². The van der Waals surface area contributed by atoms with Crippen LogP contribution >= 0.6 is 0 Å². The Labute approximate surface area is 192 Å². The summed E-state index contributed by atoms with van der Waals surface area (Å²) in [5.74, 6) is 0.193. The second kappa shape index (κ2) is 11.0. The van der Waals surface area contributed by atoms with E-state index in [1.165, 1.54) is 23.1 Å². The van der Waals surface area contributed by atoms with Gasteiger partial charge in [0, 0.05) is 0 Å². The third kappa shape index (κ3) is 5.72. The van der Waals surface area contributed by atoms with Crippen molar-refractivity contribution < 1.29 is 14.6 Å². The predicted molar refractivity (Wildman–Crippen MR) is 128 cm³/mol. The molecule has 32 heavy (non-hydrogen) atoms. The highest BCUT2D eigenvalue weighted by Crippen LogP contribution is 2.50. The zero-order valence-electron chi connectivity index (χ0n) is 19.2. The normalized spacial score (nSPS) is 22.1. The van der Waals surface area contributed by atoms with Gasteiger partial charge in [0.1, 0.15) is 5.75 Å². The molecule has 1 spiro atoms. The van der Waals surface area contributed by atoms with Crippen molar-refractivity contribution in [3.63, 3.8) is 0 Å². The van der Waals surface area contributed by atoms with Crippen LogP contribution < -0.4 is 10.1 Å². The Morgan fingerprint density at radius 2 is 1.78 bits per heavy atom. The quantitative estimate of drug-likeness (QED) is 0.456. The standard InChI is InChI=1S/C28H37NO3/c30-27(31)24-13-16-28(17-14-24)15-12-23-10-11-25(21-26(23)28)32-20-5-4-18-29-19-6-9-22-7-2-1-3-8-22/h1-3,7-8,10-11,21,24,29H,4-6,9,12-20H2,(H,30,31).